The van der Waals surface area contributed by atoms with Gasteiger partial charge in [-0.1, -0.05) is 23.8 Å². The van der Waals surface area contributed by atoms with Crippen LogP contribution in [-0.2, 0) is 14.4 Å². The van der Waals surface area contributed by atoms with Gasteiger partial charge in [0.2, 0.25) is 0 Å². The Hall–Kier alpha value is -2.87. The molecule has 29 heavy (non-hydrogen) atoms. The maximum atomic E-state index is 12.8. The number of imide groups is 1. The Morgan fingerprint density at radius 3 is 2.38 bits per heavy atom. The van der Waals surface area contributed by atoms with Crippen LogP contribution in [0.15, 0.2) is 29.4 Å². The Morgan fingerprint density at radius 2 is 1.86 bits per heavy atom. The van der Waals surface area contributed by atoms with Gasteiger partial charge in [-0.25, -0.2) is 4.79 Å². The molecule has 4 aliphatic rings. The van der Waals surface area contributed by atoms with Gasteiger partial charge in [-0.05, 0) is 42.4 Å². The lowest BCUT2D eigenvalue weighted by molar-refractivity contribution is -0.141. The monoisotopic (exact) mass is 418 g/mol. The number of hydrogen-bond acceptors (Lipinski definition) is 6. The summed E-state index contributed by atoms with van der Waals surface area (Å²) in [6.45, 7) is -0.570. The molecular weight excluding hydrogens is 400 g/mol. The zero-order valence-electron chi connectivity index (χ0n) is 15.6. The minimum absolute atomic E-state index is 0.0933. The van der Waals surface area contributed by atoms with Crippen LogP contribution in [0, 0.1) is 23.7 Å². The summed E-state index contributed by atoms with van der Waals surface area (Å²) in [6.07, 6.45) is 7.30. The average molecular weight is 419 g/mol. The molecule has 4 atom stereocenters. The smallest absolute Gasteiger partial charge is 0.341 e. The third-order valence-electron chi connectivity index (χ3n) is 5.65. The van der Waals surface area contributed by atoms with Gasteiger partial charge in [0.15, 0.2) is 18.1 Å². The molecule has 1 heterocycles. The number of fused-ring (bicyclic) bond motifs is 1. The number of aliphatic carboxylic acids is 1. The molecule has 1 aromatic rings. The lowest BCUT2D eigenvalue weighted by Crippen LogP contribution is -2.38. The van der Waals surface area contributed by atoms with E-state index in [1.807, 2.05) is 12.2 Å². The number of nitrogens with zero attached hydrogens (tertiary/aromatic N) is 2. The van der Waals surface area contributed by atoms with E-state index in [9.17, 15) is 14.4 Å². The van der Waals surface area contributed by atoms with E-state index in [2.05, 4.69) is 5.10 Å². The molecule has 2 amide bonds. The molecule has 0 radical (unpaired) electrons. The van der Waals surface area contributed by atoms with Crippen LogP contribution in [0.1, 0.15) is 18.4 Å². The number of carbonyl (C=O) groups excluding carboxylic acids is 2. The van der Waals surface area contributed by atoms with Crippen LogP contribution in [0.4, 0.5) is 0 Å². The number of hydrogen-bond donors (Lipinski definition) is 1. The van der Waals surface area contributed by atoms with Crippen molar-refractivity contribution in [3.8, 4) is 11.5 Å². The molecule has 1 aliphatic heterocycles. The lowest BCUT2D eigenvalue weighted by atomic mass is 9.63. The van der Waals surface area contributed by atoms with Crippen LogP contribution >= 0.6 is 11.6 Å². The Morgan fingerprint density at radius 1 is 1.24 bits per heavy atom. The van der Waals surface area contributed by atoms with Gasteiger partial charge >= 0.3 is 5.97 Å². The molecule has 2 bridgehead atoms. The Kier molecular flexibility index (Phi) is 5.04. The molecule has 1 saturated carbocycles. The van der Waals surface area contributed by atoms with Crippen molar-refractivity contribution in [1.82, 2.24) is 5.01 Å². The summed E-state index contributed by atoms with van der Waals surface area (Å²) in [5, 5.41) is 14.0. The molecule has 0 spiro atoms. The van der Waals surface area contributed by atoms with Crippen molar-refractivity contribution in [2.24, 2.45) is 28.8 Å². The minimum Gasteiger partial charge on any atom is -0.493 e. The van der Waals surface area contributed by atoms with Gasteiger partial charge in [-0.15, -0.1) is 0 Å². The molecule has 1 aromatic carbocycles. The highest BCUT2D eigenvalue weighted by atomic mass is 35.5. The third-order valence-corrected chi connectivity index (χ3v) is 5.93. The second-order valence-corrected chi connectivity index (χ2v) is 7.70. The summed E-state index contributed by atoms with van der Waals surface area (Å²) in [4.78, 5) is 36.3. The van der Waals surface area contributed by atoms with Gasteiger partial charge in [0.1, 0.15) is 0 Å². The number of hydrazone groups is 1. The van der Waals surface area contributed by atoms with E-state index in [1.54, 1.807) is 0 Å². The second kappa shape index (κ2) is 7.51. The molecule has 0 unspecified atom stereocenters. The van der Waals surface area contributed by atoms with E-state index in [4.69, 9.17) is 26.2 Å². The number of ether oxygens (including phenoxy) is 2. The highest BCUT2D eigenvalue weighted by molar-refractivity contribution is 6.32. The number of benzene rings is 1. The molecule has 152 valence electrons. The Labute approximate surface area is 171 Å². The van der Waals surface area contributed by atoms with Gasteiger partial charge in [0.25, 0.3) is 11.8 Å². The first kappa shape index (κ1) is 19.4. The number of carboxylic acid groups (broad SMARTS) is 1. The first-order valence-corrected chi connectivity index (χ1v) is 9.60. The quantitative estimate of drug-likeness (QED) is 0.432. The van der Waals surface area contributed by atoms with Crippen molar-refractivity contribution in [3.05, 3.63) is 34.9 Å². The molecule has 1 N–H and O–H groups in total. The average Bonchev–Trinajstić information content (AvgIpc) is 2.98. The minimum atomic E-state index is -1.15. The summed E-state index contributed by atoms with van der Waals surface area (Å²) in [7, 11) is 1.39. The number of methoxy groups -OCH3 is 1. The van der Waals surface area contributed by atoms with E-state index in [0.29, 0.717) is 5.56 Å². The summed E-state index contributed by atoms with van der Waals surface area (Å²) in [6, 6.07) is 3.03. The van der Waals surface area contributed by atoms with Crippen molar-refractivity contribution >= 4 is 35.6 Å². The van der Waals surface area contributed by atoms with E-state index in [-0.39, 0.29) is 52.0 Å². The largest absolute Gasteiger partial charge is 0.493 e. The molecule has 0 aromatic heterocycles. The highest BCUT2D eigenvalue weighted by Gasteiger charge is 2.56. The Balaban J connectivity index is 1.56. The van der Waals surface area contributed by atoms with Crippen molar-refractivity contribution in [1.29, 1.82) is 0 Å². The van der Waals surface area contributed by atoms with E-state index < -0.39 is 12.6 Å². The molecule has 2 fully saturated rings. The van der Waals surface area contributed by atoms with Gasteiger partial charge in [-0.2, -0.15) is 10.1 Å². The van der Waals surface area contributed by atoms with Crippen molar-refractivity contribution < 1.29 is 29.0 Å². The van der Waals surface area contributed by atoms with Crippen LogP contribution in [0.3, 0.4) is 0 Å². The molecular formula is C20H19ClN2O6. The first-order valence-electron chi connectivity index (χ1n) is 9.23. The van der Waals surface area contributed by atoms with E-state index >= 15 is 0 Å². The zero-order chi connectivity index (χ0) is 20.7. The number of amides is 2. The maximum absolute atomic E-state index is 12.8. The number of allylic oxidation sites excluding steroid dienone is 2. The number of halogens is 1. The standard InChI is InChI=1S/C20H19ClN2O6/c1-28-14-7-10(6-13(21)18(14)29-9-15(24)25)8-22-23-19(26)16-11-2-3-12(5-4-11)17(16)20(23)27/h2-3,6-8,11-12,16-17H,4-5,9H2,1H3,(H,24,25)/b22-8-/t11-,12-,16+,17+/m0/s1. The van der Waals surface area contributed by atoms with Crippen LogP contribution in [-0.4, -0.2) is 47.8 Å². The lowest BCUT2D eigenvalue weighted by Gasteiger charge is -2.37. The van der Waals surface area contributed by atoms with Gasteiger partial charge in [0.05, 0.1) is 30.2 Å². The van der Waals surface area contributed by atoms with E-state index in [1.165, 1.54) is 25.5 Å². The predicted octanol–water partition coefficient (Wildman–Crippen LogP) is 2.34. The summed E-state index contributed by atoms with van der Waals surface area (Å²) in [5.74, 6) is -1.83. The molecule has 9 heteroatoms. The molecule has 3 aliphatic carbocycles. The van der Waals surface area contributed by atoms with Gasteiger partial charge in [-0.3, -0.25) is 9.59 Å². The molecule has 5 rings (SSSR count). The zero-order valence-corrected chi connectivity index (χ0v) is 16.3. The highest BCUT2D eigenvalue weighted by Crippen LogP contribution is 2.49. The molecule has 8 nitrogen and oxygen atoms in total. The Bertz CT molecular complexity index is 911. The summed E-state index contributed by atoms with van der Waals surface area (Å²) < 4.78 is 10.4. The fraction of sp³-hybridized carbons (Fsp3) is 0.400. The topological polar surface area (TPSA) is 106 Å². The fourth-order valence-electron chi connectivity index (χ4n) is 4.38. The first-order chi connectivity index (χ1) is 13.9. The number of rotatable bonds is 6. The maximum Gasteiger partial charge on any atom is 0.341 e. The summed E-state index contributed by atoms with van der Waals surface area (Å²) in [5.41, 5.74) is 0.478. The predicted molar refractivity (Wildman–Crippen MR) is 103 cm³/mol. The van der Waals surface area contributed by atoms with Crippen molar-refractivity contribution in [2.45, 2.75) is 12.8 Å². The van der Waals surface area contributed by atoms with Crippen molar-refractivity contribution in [2.75, 3.05) is 13.7 Å². The van der Waals surface area contributed by atoms with Crippen LogP contribution in [0.25, 0.3) is 0 Å². The number of carbonyl (C=O) groups is 3. The van der Waals surface area contributed by atoms with Gasteiger partial charge < -0.3 is 14.6 Å². The van der Waals surface area contributed by atoms with E-state index in [0.717, 1.165) is 17.9 Å². The number of carboxylic acids is 1. The van der Waals surface area contributed by atoms with Crippen LogP contribution < -0.4 is 9.47 Å². The SMILES string of the molecule is COc1cc(/C=N\N2C(=O)[C@H]3[C@H](C2=O)[C@H]2C=C[C@H]3CC2)cc(Cl)c1OCC(=O)O. The third kappa shape index (κ3) is 3.37. The second-order valence-electron chi connectivity index (χ2n) is 7.29. The van der Waals surface area contributed by atoms with Gasteiger partial charge in [0, 0.05) is 0 Å². The fourth-order valence-corrected chi connectivity index (χ4v) is 4.66. The van der Waals surface area contributed by atoms with Crippen molar-refractivity contribution in [3.63, 3.8) is 0 Å². The summed E-state index contributed by atoms with van der Waals surface area (Å²) >= 11 is 6.18. The normalized spacial score (nSPS) is 27.6. The van der Waals surface area contributed by atoms with Crippen LogP contribution in [0.5, 0.6) is 11.5 Å². The molecule has 1 saturated heterocycles. The van der Waals surface area contributed by atoms with Crippen LogP contribution in [0.2, 0.25) is 5.02 Å².